The Morgan fingerprint density at radius 1 is 1.24 bits per heavy atom. The van der Waals surface area contributed by atoms with Gasteiger partial charge < -0.3 is 10.1 Å². The fourth-order valence-corrected chi connectivity index (χ4v) is 4.29. The smallest absolute Gasteiger partial charge is 0.139 e. The molecule has 0 aliphatic heterocycles. The van der Waals surface area contributed by atoms with E-state index in [2.05, 4.69) is 27.7 Å². The average molecular weight is 387 g/mol. The minimum atomic E-state index is 0.0521. The van der Waals surface area contributed by atoms with Gasteiger partial charge in [-0.1, -0.05) is 12.8 Å². The van der Waals surface area contributed by atoms with Gasteiger partial charge in [0.1, 0.15) is 18.2 Å². The molecular formula is C21H21N7O. The summed E-state index contributed by atoms with van der Waals surface area (Å²) in [6.45, 7) is 0.179. The van der Waals surface area contributed by atoms with Crippen LogP contribution in [0.15, 0.2) is 30.7 Å². The second-order valence-electron chi connectivity index (χ2n) is 7.29. The van der Waals surface area contributed by atoms with Gasteiger partial charge in [-0.2, -0.15) is 20.7 Å². The zero-order valence-electron chi connectivity index (χ0n) is 16.0. The first-order valence-electron chi connectivity index (χ1n) is 9.76. The monoisotopic (exact) mass is 387 g/mol. The van der Waals surface area contributed by atoms with Gasteiger partial charge in [0.25, 0.3) is 0 Å². The van der Waals surface area contributed by atoms with Crippen LogP contribution >= 0.6 is 0 Å². The van der Waals surface area contributed by atoms with Crippen LogP contribution < -0.4 is 5.32 Å². The molecule has 4 rings (SSSR count). The van der Waals surface area contributed by atoms with Crippen molar-refractivity contribution >= 4 is 17.6 Å². The Balaban J connectivity index is 1.76. The van der Waals surface area contributed by atoms with Gasteiger partial charge in [-0.05, 0) is 30.9 Å². The number of nitriles is 2. The van der Waals surface area contributed by atoms with Crippen LogP contribution in [-0.4, -0.2) is 32.2 Å². The zero-order chi connectivity index (χ0) is 20.2. The number of aldehydes is 1. The van der Waals surface area contributed by atoms with Gasteiger partial charge in [0.15, 0.2) is 0 Å². The topological polar surface area (TPSA) is 112 Å². The third-order valence-corrected chi connectivity index (χ3v) is 5.64. The van der Waals surface area contributed by atoms with E-state index in [-0.39, 0.29) is 12.6 Å². The third kappa shape index (κ3) is 3.45. The molecule has 1 fully saturated rings. The number of carbonyl (C=O) groups is 1. The van der Waals surface area contributed by atoms with Crippen molar-refractivity contribution in [3.8, 4) is 23.3 Å². The molecule has 1 aliphatic rings. The summed E-state index contributed by atoms with van der Waals surface area (Å²) in [6.07, 6.45) is 11.1. The molecule has 8 nitrogen and oxygen atoms in total. The molecule has 1 aliphatic carbocycles. The molecule has 1 N–H and O–H groups in total. The van der Waals surface area contributed by atoms with Crippen molar-refractivity contribution in [1.29, 1.82) is 10.5 Å². The summed E-state index contributed by atoms with van der Waals surface area (Å²) in [7, 11) is 0. The quantitative estimate of drug-likeness (QED) is 0.622. The molecule has 29 heavy (non-hydrogen) atoms. The largest absolute Gasteiger partial charge is 0.363 e. The van der Waals surface area contributed by atoms with Crippen molar-refractivity contribution in [2.24, 2.45) is 5.92 Å². The highest BCUT2D eigenvalue weighted by Crippen LogP contribution is 2.37. The van der Waals surface area contributed by atoms with Crippen LogP contribution in [-0.2, 0) is 4.79 Å². The highest BCUT2D eigenvalue weighted by molar-refractivity contribution is 5.85. The van der Waals surface area contributed by atoms with E-state index in [0.717, 1.165) is 35.8 Å². The SMILES string of the molecule is N#CCC(C1CCCC1)n1cc(-c2c(C#N)cnn3c(NCC=O)ccc23)cn1. The van der Waals surface area contributed by atoms with Crippen molar-refractivity contribution in [2.45, 2.75) is 38.1 Å². The Morgan fingerprint density at radius 3 is 2.79 bits per heavy atom. The van der Waals surface area contributed by atoms with E-state index >= 15 is 0 Å². The number of carbonyl (C=O) groups excluding carboxylic acids is 1. The molecule has 3 aromatic heterocycles. The van der Waals surface area contributed by atoms with Crippen LogP contribution in [0.2, 0.25) is 0 Å². The van der Waals surface area contributed by atoms with E-state index in [1.807, 2.05) is 23.0 Å². The van der Waals surface area contributed by atoms with Gasteiger partial charge in [-0.25, -0.2) is 4.52 Å². The van der Waals surface area contributed by atoms with E-state index in [1.165, 1.54) is 19.0 Å². The number of rotatable bonds is 7. The summed E-state index contributed by atoms with van der Waals surface area (Å²) < 4.78 is 3.57. The molecule has 0 amide bonds. The van der Waals surface area contributed by atoms with E-state index in [4.69, 9.17) is 0 Å². The molecule has 0 aromatic carbocycles. The van der Waals surface area contributed by atoms with Crippen molar-refractivity contribution in [3.63, 3.8) is 0 Å². The summed E-state index contributed by atoms with van der Waals surface area (Å²) in [5.41, 5.74) is 2.77. The van der Waals surface area contributed by atoms with Gasteiger partial charge in [-0.15, -0.1) is 0 Å². The molecule has 1 unspecified atom stereocenters. The lowest BCUT2D eigenvalue weighted by Crippen LogP contribution is -2.17. The van der Waals surface area contributed by atoms with Crippen LogP contribution in [0.1, 0.15) is 43.7 Å². The molecule has 0 bridgehead atoms. The summed E-state index contributed by atoms with van der Waals surface area (Å²) in [4.78, 5) is 10.7. The minimum Gasteiger partial charge on any atom is -0.363 e. The van der Waals surface area contributed by atoms with E-state index in [1.54, 1.807) is 10.7 Å². The maximum Gasteiger partial charge on any atom is 0.139 e. The molecule has 3 heterocycles. The standard InChI is InChI=1S/C21H21N7O/c22-8-7-18(15-3-1-2-4-15)27-14-17(13-25-27)21-16(11-23)12-26-28-19(21)5-6-20(28)24-9-10-29/h5-6,10,12-15,18,24H,1-4,7,9H2. The fourth-order valence-electron chi connectivity index (χ4n) is 4.29. The van der Waals surface area contributed by atoms with Crippen LogP contribution in [0.4, 0.5) is 5.82 Å². The van der Waals surface area contributed by atoms with Gasteiger partial charge in [0.05, 0.1) is 48.6 Å². The van der Waals surface area contributed by atoms with Gasteiger partial charge in [0, 0.05) is 17.3 Å². The summed E-state index contributed by atoms with van der Waals surface area (Å²) in [6, 6.07) is 8.27. The maximum absolute atomic E-state index is 10.7. The molecule has 1 atom stereocenters. The number of aromatic nitrogens is 4. The molecule has 8 heteroatoms. The lowest BCUT2D eigenvalue weighted by atomic mass is 9.96. The lowest BCUT2D eigenvalue weighted by molar-refractivity contribution is -0.106. The number of nitrogens with one attached hydrogen (secondary N) is 1. The average Bonchev–Trinajstić information content (AvgIpc) is 3.50. The lowest BCUT2D eigenvalue weighted by Gasteiger charge is -2.21. The Hall–Kier alpha value is -3.65. The molecule has 0 saturated heterocycles. The van der Waals surface area contributed by atoms with Crippen LogP contribution in [0.3, 0.4) is 0 Å². The molecule has 146 valence electrons. The molecule has 0 radical (unpaired) electrons. The Bertz CT molecular complexity index is 1110. The van der Waals surface area contributed by atoms with Gasteiger partial charge in [-0.3, -0.25) is 4.68 Å². The summed E-state index contributed by atoms with van der Waals surface area (Å²) in [5.74, 6) is 1.14. The number of fused-ring (bicyclic) bond motifs is 1. The maximum atomic E-state index is 10.7. The first kappa shape index (κ1) is 18.7. The van der Waals surface area contributed by atoms with Crippen LogP contribution in [0.25, 0.3) is 16.6 Å². The van der Waals surface area contributed by atoms with E-state index in [9.17, 15) is 15.3 Å². The van der Waals surface area contributed by atoms with Gasteiger partial charge in [0.2, 0.25) is 0 Å². The van der Waals surface area contributed by atoms with Gasteiger partial charge >= 0.3 is 0 Å². The molecular weight excluding hydrogens is 366 g/mol. The predicted molar refractivity (Wildman–Crippen MR) is 107 cm³/mol. The number of hydrogen-bond donors (Lipinski definition) is 1. The summed E-state index contributed by atoms with van der Waals surface area (Å²) in [5, 5.41) is 30.8. The third-order valence-electron chi connectivity index (χ3n) is 5.64. The van der Waals surface area contributed by atoms with Crippen molar-refractivity contribution in [3.05, 3.63) is 36.3 Å². The zero-order valence-corrected chi connectivity index (χ0v) is 16.0. The first-order chi connectivity index (χ1) is 14.3. The van der Waals surface area contributed by atoms with Crippen molar-refractivity contribution < 1.29 is 4.79 Å². The Kier molecular flexibility index (Phi) is 5.26. The van der Waals surface area contributed by atoms with Crippen LogP contribution in [0.5, 0.6) is 0 Å². The molecule has 1 saturated carbocycles. The van der Waals surface area contributed by atoms with E-state index in [0.29, 0.717) is 23.7 Å². The predicted octanol–water partition coefficient (Wildman–Crippen LogP) is 3.33. The van der Waals surface area contributed by atoms with Crippen LogP contribution in [0, 0.1) is 28.6 Å². The highest BCUT2D eigenvalue weighted by Gasteiger charge is 2.27. The molecule has 0 spiro atoms. The summed E-state index contributed by atoms with van der Waals surface area (Å²) >= 11 is 0. The second-order valence-corrected chi connectivity index (χ2v) is 7.29. The number of anilines is 1. The number of nitrogens with zero attached hydrogens (tertiary/aromatic N) is 6. The van der Waals surface area contributed by atoms with E-state index < -0.39 is 0 Å². The van der Waals surface area contributed by atoms with Crippen molar-refractivity contribution in [1.82, 2.24) is 19.4 Å². The fraction of sp³-hybridized carbons (Fsp3) is 0.381. The normalized spacial score (nSPS) is 15.1. The molecule has 3 aromatic rings. The highest BCUT2D eigenvalue weighted by atomic mass is 16.1. The van der Waals surface area contributed by atoms with Crippen molar-refractivity contribution in [2.75, 3.05) is 11.9 Å². The second kappa shape index (κ2) is 8.15. The number of hydrogen-bond acceptors (Lipinski definition) is 6. The Morgan fingerprint density at radius 2 is 2.07 bits per heavy atom. The Labute approximate surface area is 168 Å². The first-order valence-corrected chi connectivity index (χ1v) is 9.76. The minimum absolute atomic E-state index is 0.0521.